The van der Waals surface area contributed by atoms with Crippen LogP contribution in [-0.4, -0.2) is 21.4 Å². The van der Waals surface area contributed by atoms with Crippen LogP contribution in [0.3, 0.4) is 0 Å². The zero-order valence-electron chi connectivity index (χ0n) is 14.0. The Morgan fingerprint density at radius 3 is 2.68 bits per heavy atom. The molecule has 0 amide bonds. The van der Waals surface area contributed by atoms with Crippen molar-refractivity contribution in [1.82, 2.24) is 4.98 Å². The second-order valence-corrected chi connectivity index (χ2v) is 8.12. The van der Waals surface area contributed by atoms with Crippen molar-refractivity contribution in [2.24, 2.45) is 4.99 Å². The lowest BCUT2D eigenvalue weighted by Crippen LogP contribution is -1.85. The van der Waals surface area contributed by atoms with Crippen molar-refractivity contribution in [2.45, 2.75) is 0 Å². The number of fused-ring (bicyclic) bond motifs is 1. The van der Waals surface area contributed by atoms with E-state index in [1.54, 1.807) is 42.5 Å². The van der Waals surface area contributed by atoms with Crippen molar-refractivity contribution < 1.29 is 14.6 Å². The van der Waals surface area contributed by atoms with Crippen molar-refractivity contribution in [3.8, 4) is 23.0 Å². The summed E-state index contributed by atoms with van der Waals surface area (Å²) in [6.07, 6.45) is 1.53. The number of rotatable bonds is 3. The summed E-state index contributed by atoms with van der Waals surface area (Å²) in [5.74, 6) is 0.367. The van der Waals surface area contributed by atoms with Crippen molar-refractivity contribution in [2.75, 3.05) is 0 Å². The first kappa shape index (κ1) is 19.0. The number of hydrogen-bond donors (Lipinski definition) is 2. The minimum Gasteiger partial charge on any atom is -0.507 e. The Bertz CT molecular complexity index is 1240. The number of phenolic OH excluding ortho intramolecular Hbond substituents is 2. The zero-order chi connectivity index (χ0) is 19.8. The first-order chi connectivity index (χ1) is 13.4. The monoisotopic (exact) mass is 520 g/mol. The van der Waals surface area contributed by atoms with E-state index in [1.165, 1.54) is 12.3 Å². The van der Waals surface area contributed by atoms with Gasteiger partial charge in [0.15, 0.2) is 5.58 Å². The maximum absolute atomic E-state index is 10.2. The lowest BCUT2D eigenvalue weighted by Gasteiger charge is -2.04. The molecule has 4 rings (SSSR count). The standard InChI is InChI=1S/C20H11Br2ClN2O3/c21-11-5-10(19(27)15(22)6-11)9-24-13-2-3-17(26)14(8-13)20-25-16-7-12(23)1-4-18(16)28-20/h1-9,26-27H. The summed E-state index contributed by atoms with van der Waals surface area (Å²) in [4.78, 5) is 8.77. The van der Waals surface area contributed by atoms with Crippen molar-refractivity contribution in [3.05, 3.63) is 68.1 Å². The maximum Gasteiger partial charge on any atom is 0.231 e. The van der Waals surface area contributed by atoms with Crippen LogP contribution in [0, 0.1) is 0 Å². The first-order valence-electron chi connectivity index (χ1n) is 8.02. The lowest BCUT2D eigenvalue weighted by atomic mass is 10.1. The van der Waals surface area contributed by atoms with Gasteiger partial charge in [0.2, 0.25) is 5.89 Å². The molecule has 1 aromatic heterocycles. The van der Waals surface area contributed by atoms with Crippen LogP contribution >= 0.6 is 43.5 Å². The summed E-state index contributed by atoms with van der Waals surface area (Å²) >= 11 is 12.7. The predicted molar refractivity (Wildman–Crippen MR) is 117 cm³/mol. The molecule has 28 heavy (non-hydrogen) atoms. The molecule has 0 spiro atoms. The van der Waals surface area contributed by atoms with Crippen molar-refractivity contribution in [1.29, 1.82) is 0 Å². The van der Waals surface area contributed by atoms with E-state index < -0.39 is 0 Å². The van der Waals surface area contributed by atoms with Gasteiger partial charge in [0, 0.05) is 21.3 Å². The average molecular weight is 523 g/mol. The molecule has 3 aromatic carbocycles. The molecular formula is C20H11Br2ClN2O3. The first-order valence-corrected chi connectivity index (χ1v) is 9.98. The van der Waals surface area contributed by atoms with Crippen LogP contribution in [0.1, 0.15) is 5.56 Å². The second kappa shape index (κ2) is 7.58. The minimum absolute atomic E-state index is 0.0182. The molecule has 140 valence electrons. The van der Waals surface area contributed by atoms with Gasteiger partial charge in [-0.1, -0.05) is 27.5 Å². The molecule has 1 heterocycles. The molecule has 0 unspecified atom stereocenters. The number of halogens is 3. The van der Waals surface area contributed by atoms with E-state index in [1.807, 2.05) is 0 Å². The normalized spacial score (nSPS) is 11.5. The Kier molecular flexibility index (Phi) is 5.14. The number of benzene rings is 3. The Hall–Kier alpha value is -2.35. The van der Waals surface area contributed by atoms with Crippen LogP contribution in [0.4, 0.5) is 5.69 Å². The van der Waals surface area contributed by atoms with E-state index in [0.717, 1.165) is 4.47 Å². The van der Waals surface area contributed by atoms with Gasteiger partial charge < -0.3 is 14.6 Å². The van der Waals surface area contributed by atoms with Gasteiger partial charge in [-0.2, -0.15) is 0 Å². The van der Waals surface area contributed by atoms with E-state index >= 15 is 0 Å². The molecule has 0 bridgehead atoms. The number of aliphatic imine (C=N–C) groups is 1. The topological polar surface area (TPSA) is 78.9 Å². The molecule has 0 saturated carbocycles. The highest BCUT2D eigenvalue weighted by Crippen LogP contribution is 2.35. The quantitative estimate of drug-likeness (QED) is 0.289. The van der Waals surface area contributed by atoms with Crippen LogP contribution in [0.2, 0.25) is 5.02 Å². The summed E-state index contributed by atoms with van der Waals surface area (Å²) < 4.78 is 7.08. The van der Waals surface area contributed by atoms with Gasteiger partial charge in [-0.25, -0.2) is 4.98 Å². The highest BCUT2D eigenvalue weighted by Gasteiger charge is 2.13. The summed E-state index contributed by atoms with van der Waals surface area (Å²) in [7, 11) is 0. The molecule has 0 aliphatic carbocycles. The number of nitrogens with zero attached hydrogens (tertiary/aromatic N) is 2. The third-order valence-electron chi connectivity index (χ3n) is 3.97. The second-order valence-electron chi connectivity index (χ2n) is 5.92. The van der Waals surface area contributed by atoms with Crippen LogP contribution in [0.5, 0.6) is 11.5 Å². The molecule has 0 aliphatic heterocycles. The fourth-order valence-electron chi connectivity index (χ4n) is 2.62. The van der Waals surface area contributed by atoms with E-state index in [4.69, 9.17) is 16.0 Å². The largest absolute Gasteiger partial charge is 0.507 e. The maximum atomic E-state index is 10.2. The van der Waals surface area contributed by atoms with Gasteiger partial charge in [0.1, 0.15) is 17.0 Å². The third-order valence-corrected chi connectivity index (χ3v) is 5.27. The van der Waals surface area contributed by atoms with Gasteiger partial charge >= 0.3 is 0 Å². The number of phenols is 2. The fourth-order valence-corrected chi connectivity index (χ4v) is 4.04. The predicted octanol–water partition coefficient (Wildman–Crippen LogP) is 6.84. The van der Waals surface area contributed by atoms with Gasteiger partial charge in [0.25, 0.3) is 0 Å². The molecule has 4 aromatic rings. The number of hydrogen-bond acceptors (Lipinski definition) is 5. The summed E-state index contributed by atoms with van der Waals surface area (Å²) in [5.41, 5.74) is 2.66. The Morgan fingerprint density at radius 2 is 1.86 bits per heavy atom. The van der Waals surface area contributed by atoms with Crippen LogP contribution in [0.15, 0.2) is 66.9 Å². The third kappa shape index (κ3) is 3.78. The van der Waals surface area contributed by atoms with E-state index in [2.05, 4.69) is 41.8 Å². The zero-order valence-corrected chi connectivity index (χ0v) is 18.0. The highest BCUT2D eigenvalue weighted by molar-refractivity contribution is 9.11. The molecule has 0 radical (unpaired) electrons. The number of oxazole rings is 1. The van der Waals surface area contributed by atoms with Gasteiger partial charge in [-0.3, -0.25) is 4.99 Å². The smallest absolute Gasteiger partial charge is 0.231 e. The Labute approximate surface area is 181 Å². The van der Waals surface area contributed by atoms with Crippen LogP contribution in [-0.2, 0) is 0 Å². The molecule has 0 aliphatic rings. The summed E-state index contributed by atoms with van der Waals surface area (Å²) in [5, 5.41) is 20.9. The van der Waals surface area contributed by atoms with Crippen LogP contribution in [0.25, 0.3) is 22.6 Å². The SMILES string of the molecule is Oc1ccc(N=Cc2cc(Br)cc(Br)c2O)cc1-c1nc2cc(Cl)ccc2o1. The molecule has 0 saturated heterocycles. The molecule has 0 atom stereocenters. The van der Waals surface area contributed by atoms with Crippen molar-refractivity contribution in [3.63, 3.8) is 0 Å². The highest BCUT2D eigenvalue weighted by atomic mass is 79.9. The van der Waals surface area contributed by atoms with Gasteiger partial charge in [-0.05, 0) is 64.5 Å². The molecule has 0 fully saturated rings. The summed E-state index contributed by atoms with van der Waals surface area (Å²) in [6.45, 7) is 0. The molecule has 8 heteroatoms. The molecule has 5 nitrogen and oxygen atoms in total. The fraction of sp³-hybridized carbons (Fsp3) is 0. The minimum atomic E-state index is 0.0182. The van der Waals surface area contributed by atoms with Crippen molar-refractivity contribution >= 4 is 66.5 Å². The lowest BCUT2D eigenvalue weighted by molar-refractivity contribution is 0.471. The van der Waals surface area contributed by atoms with Gasteiger partial charge in [-0.15, -0.1) is 0 Å². The molecular weight excluding hydrogens is 511 g/mol. The summed E-state index contributed by atoms with van der Waals surface area (Å²) in [6, 6.07) is 13.4. The number of aromatic nitrogens is 1. The Morgan fingerprint density at radius 1 is 1.04 bits per heavy atom. The number of aromatic hydroxyl groups is 2. The van der Waals surface area contributed by atoms with Crippen LogP contribution < -0.4 is 0 Å². The van der Waals surface area contributed by atoms with E-state index in [0.29, 0.717) is 37.4 Å². The van der Waals surface area contributed by atoms with E-state index in [9.17, 15) is 10.2 Å². The molecule has 2 N–H and O–H groups in total. The Balaban J connectivity index is 1.73. The van der Waals surface area contributed by atoms with E-state index in [-0.39, 0.29) is 17.4 Å². The average Bonchev–Trinajstić information content (AvgIpc) is 3.07. The van der Waals surface area contributed by atoms with Gasteiger partial charge in [0.05, 0.1) is 15.7 Å².